The number of hydrogen-bond donors (Lipinski definition) is 8. The van der Waals surface area contributed by atoms with Crippen molar-refractivity contribution in [3.63, 3.8) is 0 Å². The van der Waals surface area contributed by atoms with Gasteiger partial charge in [-0.2, -0.15) is 8.61 Å². The molecule has 0 aliphatic carbocycles. The predicted octanol–water partition coefficient (Wildman–Crippen LogP) is 10.9. The first-order valence-corrected chi connectivity index (χ1v) is 37.7. The van der Waals surface area contributed by atoms with Crippen LogP contribution in [0.1, 0.15) is 78.9 Å². The number of nitro groups is 2. The molecule has 6 atom stereocenters. The minimum Gasteiger partial charge on any atom is -0.399 e. The zero-order valence-corrected chi connectivity index (χ0v) is 62.3. The van der Waals surface area contributed by atoms with Gasteiger partial charge in [-0.15, -0.1) is 8.77 Å². The van der Waals surface area contributed by atoms with Crippen LogP contribution in [-0.2, 0) is 48.1 Å². The van der Waals surface area contributed by atoms with Crippen LogP contribution in [0, 0.1) is 38.0 Å². The summed E-state index contributed by atoms with van der Waals surface area (Å²) in [5.41, 5.74) is 16.4. The molecule has 560 valence electrons. The third-order valence-electron chi connectivity index (χ3n) is 15.8. The zero-order valence-electron chi connectivity index (χ0n) is 59.1. The van der Waals surface area contributed by atoms with Crippen molar-refractivity contribution in [2.45, 2.75) is 112 Å². The van der Waals surface area contributed by atoms with Crippen molar-refractivity contribution in [1.82, 2.24) is 24.6 Å². The standard InChI is InChI=1S/C28H33N3O6S.C22H30N2O2.C20H29N3O3S.C6H4ClNO4S/c1-21(2)19-30(38(36,37)25-15-13-24(14-16-25)31(34)35)20-28(33)26(17-22-9-5-3-6-10-22)29-18-27(32)23-11-7-4-8-12-23;1-17(2)14-23-15-22(26)20(13-18-9-5-3-6-10-18)24-16-21(25)19-11-7-4-8-12-19;1-15(2)13-23(27(25,26)18-10-8-17(21)9-11-18)14-20(24)19(22)12-16-6-4-3-5-7-16;7-11-12-13-6-3-1-5(2-4-6)8(9)10/h3-16,21,26,28-29,33H,17-20H2,1-2H3;3-12,17,20,22-24,26H,13-16H2,1-2H3;3-11,15,19-20,24H,12-14,21-22H2,1-2H3;1-4H/t26-,28+;20-,22+;19-,20+;/m000./s1. The van der Waals surface area contributed by atoms with Crippen LogP contribution in [-0.4, -0.2) is 151 Å². The lowest BCUT2D eigenvalue weighted by Gasteiger charge is -2.30. The van der Waals surface area contributed by atoms with E-state index in [1.165, 1.54) is 57.1 Å². The molecule has 10 N–H and O–H groups in total. The Kier molecular flexibility index (Phi) is 37.6. The third kappa shape index (κ3) is 30.9. The summed E-state index contributed by atoms with van der Waals surface area (Å²) in [5.74, 6) is 0.475. The van der Waals surface area contributed by atoms with Crippen LogP contribution in [0.15, 0.2) is 239 Å². The molecule has 0 aliphatic rings. The molecule has 24 nitrogen and oxygen atoms in total. The van der Waals surface area contributed by atoms with Crippen LogP contribution >= 0.6 is 23.9 Å². The summed E-state index contributed by atoms with van der Waals surface area (Å²) in [7, 11) is -7.81. The number of aliphatic hydroxyl groups is 3. The van der Waals surface area contributed by atoms with E-state index in [0.29, 0.717) is 60.0 Å². The summed E-state index contributed by atoms with van der Waals surface area (Å²) in [6, 6.07) is 62.3. The topological polar surface area (TPSA) is 362 Å². The summed E-state index contributed by atoms with van der Waals surface area (Å²) in [6.45, 7) is 13.6. The maximum Gasteiger partial charge on any atom is 0.269 e. The Morgan fingerprint density at radius 3 is 1.22 bits per heavy atom. The molecule has 0 unspecified atom stereocenters. The van der Waals surface area contributed by atoms with Crippen molar-refractivity contribution in [1.29, 1.82) is 0 Å². The Labute approximate surface area is 619 Å². The number of nitrogens with zero attached hydrogens (tertiary/aromatic N) is 4. The average molecular weight is 1510 g/mol. The molecule has 104 heavy (non-hydrogen) atoms. The van der Waals surface area contributed by atoms with E-state index in [-0.39, 0.29) is 83.3 Å². The molecular formula is C76H96ClN9O15S3. The van der Waals surface area contributed by atoms with E-state index in [0.717, 1.165) is 47.4 Å². The largest absolute Gasteiger partial charge is 0.399 e. The number of sulfonamides is 2. The first-order chi connectivity index (χ1) is 49.6. The maximum atomic E-state index is 13.5. The fourth-order valence-corrected chi connectivity index (χ4v) is 14.1. The number of non-ortho nitro benzene ring substituents is 2. The number of rotatable bonds is 38. The van der Waals surface area contributed by atoms with Crippen molar-refractivity contribution < 1.29 is 60.4 Å². The predicted molar refractivity (Wildman–Crippen MR) is 407 cm³/mol. The fraction of sp³-hybridized carbons (Fsp3) is 0.342. The van der Waals surface area contributed by atoms with Gasteiger partial charge < -0.3 is 42.7 Å². The van der Waals surface area contributed by atoms with Crippen LogP contribution in [0.2, 0.25) is 0 Å². The van der Waals surface area contributed by atoms with E-state index >= 15 is 0 Å². The molecule has 0 heterocycles. The number of benzene rings is 8. The molecule has 28 heteroatoms. The number of hydrogen-bond acceptors (Lipinski definition) is 21. The number of nitrogen functional groups attached to an aromatic ring is 1. The Bertz CT molecular complexity index is 4040. The van der Waals surface area contributed by atoms with Crippen molar-refractivity contribution in [3.8, 4) is 0 Å². The smallest absolute Gasteiger partial charge is 0.269 e. The molecule has 8 aromatic rings. The van der Waals surface area contributed by atoms with Gasteiger partial charge in [-0.05, 0) is 109 Å². The van der Waals surface area contributed by atoms with Crippen LogP contribution in [0.3, 0.4) is 0 Å². The minimum atomic E-state index is -4.06. The van der Waals surface area contributed by atoms with Gasteiger partial charge in [0.1, 0.15) is 11.9 Å². The highest BCUT2D eigenvalue weighted by Gasteiger charge is 2.33. The summed E-state index contributed by atoms with van der Waals surface area (Å²) in [4.78, 5) is 46.0. The van der Waals surface area contributed by atoms with Crippen LogP contribution < -0.4 is 27.4 Å². The summed E-state index contributed by atoms with van der Waals surface area (Å²) in [6.07, 6.45) is -1.18. The maximum absolute atomic E-state index is 13.5. The van der Waals surface area contributed by atoms with Gasteiger partial charge in [-0.1, -0.05) is 193 Å². The second-order valence-corrected chi connectivity index (χ2v) is 30.5. The van der Waals surface area contributed by atoms with Crippen LogP contribution in [0.25, 0.3) is 0 Å². The number of anilines is 1. The molecule has 8 rings (SSSR count). The summed E-state index contributed by atoms with van der Waals surface area (Å²) in [5, 5.41) is 63.4. The van der Waals surface area contributed by atoms with Crippen molar-refractivity contribution >= 4 is 72.6 Å². The van der Waals surface area contributed by atoms with E-state index in [9.17, 15) is 62.0 Å². The molecule has 0 spiro atoms. The molecule has 0 amide bonds. The van der Waals surface area contributed by atoms with Crippen molar-refractivity contribution in [2.75, 3.05) is 58.1 Å². The molecule has 0 saturated heterocycles. The SMILES string of the molecule is CC(C)CN(C[C@@H](O)[C@@H](N)Cc1ccccc1)S(=O)(=O)c1ccc(N)cc1.CC(C)CN(C[C@@H](O)[C@H](Cc1ccccc1)NCC(=O)c1ccccc1)S(=O)(=O)c1ccc([N+](=O)[O-])cc1.CC(C)CNC[C@@H](O)[C@H](Cc1ccccc1)NCC(=O)c1ccccc1.O=[N+]([O-])c1ccc(SOOCl)cc1. The highest BCUT2D eigenvalue weighted by atomic mass is 35.5. The number of aliphatic hydroxyl groups excluding tert-OH is 3. The number of carbonyl (C=O) groups is 2. The number of halogens is 1. The molecule has 0 aliphatic heterocycles. The average Bonchev–Trinajstić information content (AvgIpc) is 0.802. The molecule has 0 saturated carbocycles. The van der Waals surface area contributed by atoms with Gasteiger partial charge >= 0.3 is 0 Å². The van der Waals surface area contributed by atoms with E-state index in [2.05, 4.69) is 38.6 Å². The van der Waals surface area contributed by atoms with Gasteiger partial charge in [-0.3, -0.25) is 29.8 Å². The zero-order chi connectivity index (χ0) is 76.2. The minimum absolute atomic E-state index is 0.0242. The van der Waals surface area contributed by atoms with E-state index in [4.69, 9.17) is 23.3 Å². The number of ketones is 2. The van der Waals surface area contributed by atoms with Crippen LogP contribution in [0.4, 0.5) is 17.1 Å². The first kappa shape index (κ1) is 86.4. The monoisotopic (exact) mass is 1510 g/mol. The molecular weight excluding hydrogens is 1410 g/mol. The Morgan fingerprint density at radius 2 is 0.846 bits per heavy atom. The van der Waals surface area contributed by atoms with Gasteiger partial charge in [0.2, 0.25) is 20.0 Å². The lowest BCUT2D eigenvalue weighted by Crippen LogP contribution is -2.50. The Hall–Kier alpha value is -8.20. The summed E-state index contributed by atoms with van der Waals surface area (Å²) >= 11 is 5.65. The van der Waals surface area contributed by atoms with Crippen LogP contribution in [0.5, 0.6) is 0 Å². The Morgan fingerprint density at radius 1 is 0.490 bits per heavy atom. The molecule has 0 fully saturated rings. The van der Waals surface area contributed by atoms with Gasteiger partial charge in [0.25, 0.3) is 11.4 Å². The number of nitro benzene ring substituents is 2. The van der Waals surface area contributed by atoms with Gasteiger partial charge in [0, 0.05) is 96.8 Å². The van der Waals surface area contributed by atoms with Crippen molar-refractivity contribution in [3.05, 3.63) is 273 Å². The summed E-state index contributed by atoms with van der Waals surface area (Å²) < 4.78 is 63.7. The Balaban J connectivity index is 0.000000263. The second-order valence-electron chi connectivity index (χ2n) is 25.8. The molecule has 0 radical (unpaired) electrons. The van der Waals surface area contributed by atoms with Gasteiger partial charge in [0.15, 0.2) is 11.6 Å². The highest BCUT2D eigenvalue weighted by molar-refractivity contribution is 7.94. The van der Waals surface area contributed by atoms with Gasteiger partial charge in [0.05, 0.1) is 63.1 Å². The molecule has 0 bridgehead atoms. The van der Waals surface area contributed by atoms with Gasteiger partial charge in [-0.25, -0.2) is 16.8 Å². The van der Waals surface area contributed by atoms with Crippen molar-refractivity contribution in [2.24, 2.45) is 23.5 Å². The normalized spacial score (nSPS) is 13.3. The van der Waals surface area contributed by atoms with E-state index < -0.39 is 60.3 Å². The molecule has 0 aromatic heterocycles. The lowest BCUT2D eigenvalue weighted by atomic mass is 10.0. The van der Waals surface area contributed by atoms with E-state index in [1.54, 1.807) is 36.4 Å². The highest BCUT2D eigenvalue weighted by Crippen LogP contribution is 2.25. The quantitative estimate of drug-likeness (QED) is 0.00445. The number of nitrogens with one attached hydrogen (secondary N) is 3. The number of nitrogens with two attached hydrogens (primary N) is 2. The second kappa shape index (κ2) is 45.2. The lowest BCUT2D eigenvalue weighted by molar-refractivity contribution is -0.385. The molecule has 8 aromatic carbocycles. The third-order valence-corrected chi connectivity index (χ3v) is 20.2. The number of carbonyl (C=O) groups excluding carboxylic acids is 2. The number of Topliss-reactive ketones (excluding diaryl/α,β-unsaturated/α-hetero) is 2. The fourth-order valence-electron chi connectivity index (χ4n) is 10.4. The first-order valence-electron chi connectivity index (χ1n) is 33.8. The van der Waals surface area contributed by atoms with E-state index in [1.807, 2.05) is 155 Å².